The molecule has 0 radical (unpaired) electrons. The van der Waals surface area contributed by atoms with Gasteiger partial charge in [-0.3, -0.25) is 0 Å². The minimum atomic E-state index is 0.164. The number of anilines is 1. The van der Waals surface area contributed by atoms with Crippen LogP contribution >= 0.6 is 27.5 Å². The predicted molar refractivity (Wildman–Crippen MR) is 82.4 cm³/mol. The topological polar surface area (TPSA) is 12.0 Å². The molecule has 1 atom stereocenters. The van der Waals surface area contributed by atoms with Gasteiger partial charge in [-0.2, -0.15) is 0 Å². The predicted octanol–water partition coefficient (Wildman–Crippen LogP) is 5.58. The maximum atomic E-state index is 6.20. The Labute approximate surface area is 121 Å². The zero-order valence-electron chi connectivity index (χ0n) is 10.4. The monoisotopic (exact) mass is 323 g/mol. The van der Waals surface area contributed by atoms with Crippen molar-refractivity contribution in [2.75, 3.05) is 5.32 Å². The Morgan fingerprint density at radius 1 is 1.17 bits per heavy atom. The number of aryl methyl sites for hydroxylation is 1. The summed E-state index contributed by atoms with van der Waals surface area (Å²) >= 11 is 9.76. The van der Waals surface area contributed by atoms with E-state index in [1.807, 2.05) is 24.3 Å². The highest BCUT2D eigenvalue weighted by molar-refractivity contribution is 9.10. The number of benzene rings is 2. The fourth-order valence-electron chi connectivity index (χ4n) is 1.89. The van der Waals surface area contributed by atoms with Gasteiger partial charge >= 0.3 is 0 Å². The van der Waals surface area contributed by atoms with E-state index in [1.165, 1.54) is 5.56 Å². The highest BCUT2D eigenvalue weighted by Crippen LogP contribution is 2.30. The number of hydrogen-bond acceptors (Lipinski definition) is 1. The molecule has 0 fully saturated rings. The first-order valence-electron chi connectivity index (χ1n) is 5.85. The molecule has 0 amide bonds. The molecule has 1 nitrogen and oxygen atoms in total. The third-order valence-corrected chi connectivity index (χ3v) is 3.90. The summed E-state index contributed by atoms with van der Waals surface area (Å²) < 4.78 is 1.06. The summed E-state index contributed by atoms with van der Waals surface area (Å²) in [5.41, 5.74) is 3.42. The Bertz CT molecular complexity index is 554. The second-order valence-corrected chi connectivity index (χ2v) is 5.63. The summed E-state index contributed by atoms with van der Waals surface area (Å²) in [5.74, 6) is 0. The van der Waals surface area contributed by atoms with E-state index in [-0.39, 0.29) is 6.04 Å². The Morgan fingerprint density at radius 3 is 2.61 bits per heavy atom. The van der Waals surface area contributed by atoms with Crippen LogP contribution in [0.1, 0.15) is 24.1 Å². The second-order valence-electron chi connectivity index (χ2n) is 4.37. The fraction of sp³-hybridized carbons (Fsp3) is 0.200. The smallest absolute Gasteiger partial charge is 0.0500 e. The number of halogens is 2. The maximum Gasteiger partial charge on any atom is 0.0500 e. The molecule has 3 heteroatoms. The van der Waals surface area contributed by atoms with E-state index in [0.29, 0.717) is 0 Å². The van der Waals surface area contributed by atoms with Crippen LogP contribution < -0.4 is 5.32 Å². The van der Waals surface area contributed by atoms with Gasteiger partial charge < -0.3 is 5.32 Å². The molecule has 2 aromatic rings. The van der Waals surface area contributed by atoms with E-state index < -0.39 is 0 Å². The molecule has 18 heavy (non-hydrogen) atoms. The molecule has 0 spiro atoms. The van der Waals surface area contributed by atoms with Crippen molar-refractivity contribution in [1.29, 1.82) is 0 Å². The van der Waals surface area contributed by atoms with Crippen molar-refractivity contribution in [3.63, 3.8) is 0 Å². The molecular weight excluding hydrogens is 310 g/mol. The first-order chi connectivity index (χ1) is 8.58. The van der Waals surface area contributed by atoms with Gasteiger partial charge in [0.2, 0.25) is 0 Å². The van der Waals surface area contributed by atoms with Crippen LogP contribution in [-0.4, -0.2) is 0 Å². The average molecular weight is 325 g/mol. The second kappa shape index (κ2) is 5.77. The van der Waals surface area contributed by atoms with E-state index in [2.05, 4.69) is 53.3 Å². The van der Waals surface area contributed by atoms with E-state index in [4.69, 9.17) is 11.6 Å². The van der Waals surface area contributed by atoms with E-state index in [0.717, 1.165) is 20.7 Å². The molecule has 2 rings (SSSR count). The maximum absolute atomic E-state index is 6.20. The van der Waals surface area contributed by atoms with Crippen LogP contribution in [0.25, 0.3) is 0 Å². The highest BCUT2D eigenvalue weighted by atomic mass is 79.9. The summed E-state index contributed by atoms with van der Waals surface area (Å²) in [5, 5.41) is 4.27. The van der Waals surface area contributed by atoms with Gasteiger partial charge in [-0.05, 0) is 59.1 Å². The van der Waals surface area contributed by atoms with Gasteiger partial charge in [0.15, 0.2) is 0 Å². The van der Waals surface area contributed by atoms with Gasteiger partial charge in [-0.25, -0.2) is 0 Å². The molecule has 0 saturated heterocycles. The third kappa shape index (κ3) is 3.06. The first-order valence-corrected chi connectivity index (χ1v) is 7.02. The van der Waals surface area contributed by atoms with Crippen molar-refractivity contribution in [3.05, 3.63) is 63.1 Å². The van der Waals surface area contributed by atoms with E-state index >= 15 is 0 Å². The minimum absolute atomic E-state index is 0.164. The lowest BCUT2D eigenvalue weighted by atomic mass is 10.1. The number of rotatable bonds is 3. The van der Waals surface area contributed by atoms with Crippen molar-refractivity contribution >= 4 is 33.2 Å². The van der Waals surface area contributed by atoms with Gasteiger partial charge in [0.25, 0.3) is 0 Å². The Morgan fingerprint density at radius 2 is 1.89 bits per heavy atom. The van der Waals surface area contributed by atoms with Crippen molar-refractivity contribution in [1.82, 2.24) is 0 Å². The molecule has 0 aliphatic rings. The van der Waals surface area contributed by atoms with Crippen LogP contribution in [0.3, 0.4) is 0 Å². The van der Waals surface area contributed by atoms with Crippen LogP contribution in [0.4, 0.5) is 5.69 Å². The Balaban J connectivity index is 2.24. The summed E-state index contributed by atoms with van der Waals surface area (Å²) in [4.78, 5) is 0. The number of nitrogens with one attached hydrogen (secondary N) is 1. The summed E-state index contributed by atoms with van der Waals surface area (Å²) in [6, 6.07) is 14.3. The molecule has 0 saturated carbocycles. The van der Waals surface area contributed by atoms with Crippen LogP contribution in [0.15, 0.2) is 46.9 Å². The standard InChI is InChI=1S/C15H15BrClN/c1-10-7-8-13(16)15(9-10)18-11(2)12-5-3-4-6-14(12)17/h3-9,11,18H,1-2H3. The molecule has 0 aliphatic carbocycles. The quantitative estimate of drug-likeness (QED) is 0.776. The molecule has 0 bridgehead atoms. The lowest BCUT2D eigenvalue weighted by Crippen LogP contribution is -2.07. The molecule has 0 heterocycles. The van der Waals surface area contributed by atoms with Crippen molar-refractivity contribution < 1.29 is 0 Å². The zero-order chi connectivity index (χ0) is 13.1. The zero-order valence-corrected chi connectivity index (χ0v) is 12.7. The molecule has 1 N–H and O–H groups in total. The molecule has 2 aromatic carbocycles. The average Bonchev–Trinajstić information content (AvgIpc) is 2.34. The third-order valence-electron chi connectivity index (χ3n) is 2.87. The normalized spacial score (nSPS) is 12.2. The molecule has 94 valence electrons. The van der Waals surface area contributed by atoms with Crippen LogP contribution in [0.5, 0.6) is 0 Å². The van der Waals surface area contributed by atoms with Gasteiger partial charge in [0.05, 0.1) is 6.04 Å². The Kier molecular flexibility index (Phi) is 4.31. The van der Waals surface area contributed by atoms with Crippen LogP contribution in [0.2, 0.25) is 5.02 Å². The number of hydrogen-bond donors (Lipinski definition) is 1. The van der Waals surface area contributed by atoms with Gasteiger partial charge in [0, 0.05) is 15.2 Å². The van der Waals surface area contributed by atoms with Crippen molar-refractivity contribution in [2.24, 2.45) is 0 Å². The van der Waals surface area contributed by atoms with Gasteiger partial charge in [0.1, 0.15) is 0 Å². The molecular formula is C15H15BrClN. The SMILES string of the molecule is Cc1ccc(Br)c(NC(C)c2ccccc2Cl)c1. The largest absolute Gasteiger partial charge is 0.378 e. The lowest BCUT2D eigenvalue weighted by molar-refractivity contribution is 0.883. The molecule has 1 unspecified atom stereocenters. The highest BCUT2D eigenvalue weighted by Gasteiger charge is 2.10. The summed E-state index contributed by atoms with van der Waals surface area (Å²) in [6.07, 6.45) is 0. The van der Waals surface area contributed by atoms with Crippen molar-refractivity contribution in [2.45, 2.75) is 19.9 Å². The lowest BCUT2D eigenvalue weighted by Gasteiger charge is -2.18. The fourth-order valence-corrected chi connectivity index (χ4v) is 2.55. The van der Waals surface area contributed by atoms with Crippen LogP contribution in [-0.2, 0) is 0 Å². The van der Waals surface area contributed by atoms with E-state index in [9.17, 15) is 0 Å². The van der Waals surface area contributed by atoms with Crippen molar-refractivity contribution in [3.8, 4) is 0 Å². The van der Waals surface area contributed by atoms with Crippen LogP contribution in [0, 0.1) is 6.92 Å². The van der Waals surface area contributed by atoms with Gasteiger partial charge in [-0.15, -0.1) is 0 Å². The molecule has 0 aromatic heterocycles. The summed E-state index contributed by atoms with van der Waals surface area (Å²) in [7, 11) is 0. The molecule has 0 aliphatic heterocycles. The van der Waals surface area contributed by atoms with Gasteiger partial charge in [-0.1, -0.05) is 35.9 Å². The Hall–Kier alpha value is -0.990. The minimum Gasteiger partial charge on any atom is -0.378 e. The first kappa shape index (κ1) is 13.4. The van der Waals surface area contributed by atoms with E-state index in [1.54, 1.807) is 0 Å². The summed E-state index contributed by atoms with van der Waals surface area (Å²) in [6.45, 7) is 4.19.